The van der Waals surface area contributed by atoms with Gasteiger partial charge in [-0.3, -0.25) is 9.80 Å². The second kappa shape index (κ2) is 11.7. The maximum absolute atomic E-state index is 13.4. The second-order valence-electron chi connectivity index (χ2n) is 9.63. The van der Waals surface area contributed by atoms with Crippen molar-refractivity contribution >= 4 is 35.0 Å². The van der Waals surface area contributed by atoms with E-state index in [1.54, 1.807) is 37.3 Å². The van der Waals surface area contributed by atoms with E-state index in [1.807, 2.05) is 0 Å². The van der Waals surface area contributed by atoms with Crippen LogP contribution in [0, 0.1) is 0 Å². The Labute approximate surface area is 242 Å². The predicted molar refractivity (Wildman–Crippen MR) is 144 cm³/mol. The number of carbonyl (C=O) groups is 2. The number of alkyl halides is 6. The van der Waals surface area contributed by atoms with Crippen molar-refractivity contribution in [1.82, 2.24) is 5.01 Å². The van der Waals surface area contributed by atoms with E-state index in [0.29, 0.717) is 16.2 Å². The zero-order valence-electron chi connectivity index (χ0n) is 22.3. The lowest BCUT2D eigenvalue weighted by Crippen LogP contribution is -2.44. The number of carbonyl (C=O) groups excluding carboxylic acids is 2. The summed E-state index contributed by atoms with van der Waals surface area (Å²) in [5, 5.41) is 5.37. The number of benzene rings is 3. The van der Waals surface area contributed by atoms with E-state index < -0.39 is 52.5 Å². The fraction of sp³-hybridized carbons (Fsp3) is 0.276. The van der Waals surface area contributed by atoms with Gasteiger partial charge in [-0.2, -0.15) is 31.4 Å². The number of nitrogens with zero attached hydrogens (tertiary/aromatic N) is 3. The third kappa shape index (κ3) is 6.38. The molecule has 1 aliphatic heterocycles. The first kappa shape index (κ1) is 30.9. The highest BCUT2D eigenvalue weighted by Crippen LogP contribution is 2.39. The third-order valence-electron chi connectivity index (χ3n) is 6.69. The number of rotatable bonds is 6. The lowest BCUT2D eigenvalue weighted by Gasteiger charge is -2.28. The van der Waals surface area contributed by atoms with Crippen molar-refractivity contribution in [3.05, 3.63) is 100 Å². The van der Waals surface area contributed by atoms with E-state index >= 15 is 0 Å². The first-order valence-electron chi connectivity index (χ1n) is 12.6. The van der Waals surface area contributed by atoms with Gasteiger partial charge in [0.15, 0.2) is 0 Å². The summed E-state index contributed by atoms with van der Waals surface area (Å²) in [6.45, 7) is 2.79. The van der Waals surface area contributed by atoms with E-state index in [0.717, 1.165) is 42.0 Å². The topological polar surface area (TPSA) is 62.2 Å². The Morgan fingerprint density at radius 1 is 0.976 bits per heavy atom. The Morgan fingerprint density at radius 3 is 2.17 bits per heavy atom. The summed E-state index contributed by atoms with van der Waals surface area (Å²) in [4.78, 5) is 26.8. The monoisotopic (exact) mass is 611 g/mol. The van der Waals surface area contributed by atoms with E-state index in [1.165, 1.54) is 18.0 Å². The van der Waals surface area contributed by atoms with E-state index in [4.69, 9.17) is 16.3 Å². The Morgan fingerprint density at radius 2 is 1.62 bits per heavy atom. The van der Waals surface area contributed by atoms with Crippen molar-refractivity contribution in [2.75, 3.05) is 24.6 Å². The summed E-state index contributed by atoms with van der Waals surface area (Å²) < 4.78 is 84.2. The molecule has 0 bridgehead atoms. The molecule has 13 heteroatoms. The van der Waals surface area contributed by atoms with Crippen LogP contribution in [0.15, 0.2) is 77.9 Å². The smallest absolute Gasteiger partial charge is 0.421 e. The van der Waals surface area contributed by atoms with Crippen molar-refractivity contribution in [1.29, 1.82) is 0 Å². The number of hydrazone groups is 1. The normalized spacial score (nSPS) is 17.2. The average molecular weight is 612 g/mol. The molecule has 42 heavy (non-hydrogen) atoms. The zero-order valence-corrected chi connectivity index (χ0v) is 23.0. The molecule has 2 amide bonds. The van der Waals surface area contributed by atoms with Gasteiger partial charge in [-0.15, -0.1) is 0 Å². The molecule has 1 aliphatic rings. The molecule has 0 spiro atoms. The van der Waals surface area contributed by atoms with Crippen LogP contribution < -0.4 is 4.90 Å². The number of imide groups is 1. The molecular formula is C29H24ClF6N3O3. The van der Waals surface area contributed by atoms with Crippen molar-refractivity contribution < 1.29 is 40.7 Å². The average Bonchev–Trinajstić information content (AvgIpc) is 3.25. The molecule has 0 fully saturated rings. The minimum absolute atomic E-state index is 0.0837. The molecule has 0 saturated heterocycles. The lowest BCUT2D eigenvalue weighted by molar-refractivity contribution is -0.138. The van der Waals surface area contributed by atoms with Gasteiger partial charge in [-0.1, -0.05) is 48.0 Å². The summed E-state index contributed by atoms with van der Waals surface area (Å²) >= 11 is 5.99. The Balaban J connectivity index is 1.70. The van der Waals surface area contributed by atoms with Crippen LogP contribution >= 0.6 is 11.6 Å². The molecule has 1 heterocycles. The van der Waals surface area contributed by atoms with Gasteiger partial charge in [-0.05, 0) is 55.8 Å². The molecule has 222 valence electrons. The SMILES string of the molecule is CCOC(=O)N(C(=O)CN1CC(C)(c2ccccc2)C(c2ccc(C(F)(F)F)c(Cl)c2)=N1)c1ccc(C(F)(F)F)cc1. The maximum atomic E-state index is 13.4. The minimum atomic E-state index is -4.66. The van der Waals surface area contributed by atoms with E-state index in [2.05, 4.69) is 5.10 Å². The van der Waals surface area contributed by atoms with Crippen molar-refractivity contribution in [3.8, 4) is 0 Å². The number of halogens is 7. The highest BCUT2D eigenvalue weighted by molar-refractivity contribution is 6.32. The van der Waals surface area contributed by atoms with Crippen molar-refractivity contribution in [2.45, 2.75) is 31.6 Å². The summed E-state index contributed by atoms with van der Waals surface area (Å²) in [7, 11) is 0. The fourth-order valence-electron chi connectivity index (χ4n) is 4.69. The molecule has 3 aromatic carbocycles. The number of hydrogen-bond donors (Lipinski definition) is 0. The summed E-state index contributed by atoms with van der Waals surface area (Å²) in [6.07, 6.45) is -10.4. The maximum Gasteiger partial charge on any atom is 0.421 e. The van der Waals surface area contributed by atoms with E-state index in [9.17, 15) is 35.9 Å². The molecule has 0 aromatic heterocycles. The number of anilines is 1. The van der Waals surface area contributed by atoms with Gasteiger partial charge < -0.3 is 4.74 Å². The van der Waals surface area contributed by atoms with Crippen molar-refractivity contribution in [3.63, 3.8) is 0 Å². The highest BCUT2D eigenvalue weighted by atomic mass is 35.5. The quantitative estimate of drug-likeness (QED) is 0.270. The molecular weight excluding hydrogens is 588 g/mol. The van der Waals surface area contributed by atoms with Crippen LogP contribution in [0.25, 0.3) is 0 Å². The van der Waals surface area contributed by atoms with Gasteiger partial charge in [0.25, 0.3) is 5.91 Å². The third-order valence-corrected chi connectivity index (χ3v) is 7.00. The second-order valence-corrected chi connectivity index (χ2v) is 10.0. The number of ether oxygens (including phenoxy) is 1. The van der Waals surface area contributed by atoms with Crippen LogP contribution in [0.3, 0.4) is 0 Å². The molecule has 1 unspecified atom stereocenters. The van der Waals surface area contributed by atoms with Gasteiger partial charge in [0.05, 0.1) is 46.1 Å². The number of amides is 2. The van der Waals surface area contributed by atoms with Crippen LogP contribution in [0.1, 0.15) is 36.1 Å². The largest absolute Gasteiger partial charge is 0.449 e. The standard InChI is InChI=1S/C29H24ClF6N3O3/c1-3-42-26(41)39(21-12-10-20(11-13-21)28(31,32)33)24(40)16-38-17-27(2,19-7-5-4-6-8-19)25(37-38)18-9-14-22(23(30)15-18)29(34,35)36/h4-15H,3,16-17H2,1-2H3. The van der Waals surface area contributed by atoms with Crippen molar-refractivity contribution in [2.24, 2.45) is 5.10 Å². The zero-order chi connectivity index (χ0) is 30.9. The molecule has 3 aromatic rings. The molecule has 4 rings (SSSR count). The molecule has 6 nitrogen and oxygen atoms in total. The first-order chi connectivity index (χ1) is 19.6. The summed E-state index contributed by atoms with van der Waals surface area (Å²) in [6, 6.07) is 15.6. The minimum Gasteiger partial charge on any atom is -0.449 e. The molecule has 0 radical (unpaired) electrons. The van der Waals surface area contributed by atoms with Gasteiger partial charge in [-0.25, -0.2) is 9.69 Å². The Hall–Kier alpha value is -4.06. The van der Waals surface area contributed by atoms with Gasteiger partial charge in [0.2, 0.25) is 0 Å². The first-order valence-corrected chi connectivity index (χ1v) is 13.0. The molecule has 0 saturated carbocycles. The Kier molecular flexibility index (Phi) is 8.58. The highest BCUT2D eigenvalue weighted by Gasteiger charge is 2.43. The van der Waals surface area contributed by atoms with Crippen LogP contribution in [-0.2, 0) is 27.3 Å². The summed E-state index contributed by atoms with van der Waals surface area (Å²) in [5.74, 6) is -0.848. The Bertz CT molecular complexity index is 1490. The number of hydrogen-bond acceptors (Lipinski definition) is 5. The fourth-order valence-corrected chi connectivity index (χ4v) is 4.97. The molecule has 1 atom stereocenters. The predicted octanol–water partition coefficient (Wildman–Crippen LogP) is 7.54. The lowest BCUT2D eigenvalue weighted by atomic mass is 9.76. The molecule has 0 N–H and O–H groups in total. The summed E-state index contributed by atoms with van der Waals surface area (Å²) in [5.41, 5.74) is -1.68. The van der Waals surface area contributed by atoms with Gasteiger partial charge in [0.1, 0.15) is 6.54 Å². The van der Waals surface area contributed by atoms with E-state index in [-0.39, 0.29) is 18.8 Å². The van der Waals surface area contributed by atoms with Gasteiger partial charge >= 0.3 is 18.4 Å². The van der Waals surface area contributed by atoms with Crippen LogP contribution in [0.4, 0.5) is 36.8 Å². The van der Waals surface area contributed by atoms with Crippen LogP contribution in [0.2, 0.25) is 5.02 Å². The van der Waals surface area contributed by atoms with Crippen LogP contribution in [-0.4, -0.2) is 42.4 Å². The molecule has 0 aliphatic carbocycles. The van der Waals surface area contributed by atoms with Crippen LogP contribution in [0.5, 0.6) is 0 Å². The van der Waals surface area contributed by atoms with Gasteiger partial charge in [0, 0.05) is 5.56 Å².